The first kappa shape index (κ1) is 28.1. The van der Waals surface area contributed by atoms with Gasteiger partial charge in [0.2, 0.25) is 0 Å². The van der Waals surface area contributed by atoms with Gasteiger partial charge in [-0.1, -0.05) is 54.6 Å². The van der Waals surface area contributed by atoms with E-state index in [1.165, 1.54) is 45.0 Å². The average molecular weight is 574 g/mol. The molecule has 43 heavy (non-hydrogen) atoms. The number of fused-ring (bicyclic) bond motifs is 4. The number of nitro benzene ring substituents is 1. The minimum atomic E-state index is -0.557. The topological polar surface area (TPSA) is 102 Å². The fraction of sp³-hybridized carbons (Fsp3) is 0.200. The van der Waals surface area contributed by atoms with Gasteiger partial charge in [0.15, 0.2) is 18.1 Å². The molecule has 0 aliphatic heterocycles. The summed E-state index contributed by atoms with van der Waals surface area (Å²) >= 11 is 0. The van der Waals surface area contributed by atoms with Crippen LogP contribution in [0.5, 0.6) is 5.75 Å². The maximum atomic E-state index is 13.8. The first-order chi connectivity index (χ1) is 20.8. The molecule has 0 heterocycles. The number of benzene rings is 4. The molecule has 0 radical (unpaired) electrons. The molecule has 0 fully saturated rings. The van der Waals surface area contributed by atoms with Crippen LogP contribution in [0.15, 0.2) is 84.9 Å². The molecule has 2 aliphatic carbocycles. The van der Waals surface area contributed by atoms with Gasteiger partial charge in [0.05, 0.1) is 11.0 Å². The summed E-state index contributed by atoms with van der Waals surface area (Å²) in [5, 5.41) is 18.6. The molecule has 4 aromatic carbocycles. The molecule has 1 amide bonds. The van der Waals surface area contributed by atoms with Crippen LogP contribution in [-0.4, -0.2) is 42.2 Å². The number of hydrogen-bond acceptors (Lipinski definition) is 6. The Hall–Kier alpha value is -5.08. The monoisotopic (exact) mass is 573 g/mol. The number of amides is 1. The third-order valence-electron chi connectivity index (χ3n) is 8.10. The lowest BCUT2D eigenvalue weighted by molar-refractivity contribution is -0.385. The summed E-state index contributed by atoms with van der Waals surface area (Å²) < 4.78 is 5.37. The smallest absolute Gasteiger partial charge is 0.310 e. The molecule has 8 heteroatoms. The lowest BCUT2D eigenvalue weighted by Crippen LogP contribution is -2.31. The predicted molar refractivity (Wildman–Crippen MR) is 165 cm³/mol. The van der Waals surface area contributed by atoms with E-state index in [0.717, 1.165) is 23.6 Å². The predicted octanol–water partition coefficient (Wildman–Crippen LogP) is 4.67. The number of para-hydroxylation sites is 2. The number of nitro groups is 1. The molecule has 1 unspecified atom stereocenters. The highest BCUT2D eigenvalue weighted by molar-refractivity contribution is 6.24. The Kier molecular flexibility index (Phi) is 7.61. The largest absolute Gasteiger partial charge is 0.477 e. The van der Waals surface area contributed by atoms with E-state index in [0.29, 0.717) is 17.7 Å². The van der Waals surface area contributed by atoms with Crippen molar-refractivity contribution in [3.05, 3.63) is 133 Å². The van der Waals surface area contributed by atoms with Gasteiger partial charge >= 0.3 is 5.69 Å². The van der Waals surface area contributed by atoms with Gasteiger partial charge in [0.25, 0.3) is 5.91 Å². The van der Waals surface area contributed by atoms with Crippen LogP contribution in [-0.2, 0) is 11.2 Å². The van der Waals surface area contributed by atoms with Gasteiger partial charge in [-0.2, -0.15) is 0 Å². The van der Waals surface area contributed by atoms with E-state index in [1.807, 2.05) is 0 Å². The third kappa shape index (κ3) is 5.45. The van der Waals surface area contributed by atoms with Crippen LogP contribution in [0, 0.1) is 20.6 Å². The van der Waals surface area contributed by atoms with Crippen LogP contribution >= 0.6 is 0 Å². The second-order valence-electron chi connectivity index (χ2n) is 11.0. The zero-order valence-electron chi connectivity index (χ0n) is 24.0. The number of Topliss-reactive ketones (excluding diaryl/α,β-unsaturated/α-hetero) is 1. The Morgan fingerprint density at radius 1 is 0.907 bits per heavy atom. The van der Waals surface area contributed by atoms with Crippen molar-refractivity contribution in [2.24, 2.45) is 0 Å². The van der Waals surface area contributed by atoms with E-state index in [-0.39, 0.29) is 29.9 Å². The molecule has 0 aromatic heterocycles. The lowest BCUT2D eigenvalue weighted by Gasteiger charge is -2.29. The van der Waals surface area contributed by atoms with Crippen LogP contribution in [0.3, 0.4) is 0 Å². The number of nitrogens with zero attached hydrogens (tertiary/aromatic N) is 2. The van der Waals surface area contributed by atoms with Crippen LogP contribution < -0.4 is 20.5 Å². The van der Waals surface area contributed by atoms with Crippen molar-refractivity contribution in [2.75, 3.05) is 26.0 Å². The number of anilines is 1. The molecule has 1 atom stereocenters. The molecule has 0 saturated heterocycles. The van der Waals surface area contributed by atoms with Gasteiger partial charge in [0.1, 0.15) is 0 Å². The Morgan fingerprint density at radius 3 is 2.40 bits per heavy atom. The zero-order valence-corrected chi connectivity index (χ0v) is 24.0. The molecule has 2 aliphatic rings. The highest BCUT2D eigenvalue weighted by Crippen LogP contribution is 2.30. The zero-order chi connectivity index (χ0) is 30.1. The van der Waals surface area contributed by atoms with Crippen molar-refractivity contribution in [2.45, 2.75) is 25.3 Å². The molecule has 1 N–H and O–H groups in total. The Morgan fingerprint density at radius 2 is 1.63 bits per heavy atom. The molecule has 6 rings (SSSR count). The van der Waals surface area contributed by atoms with Crippen molar-refractivity contribution in [3.8, 4) is 5.75 Å². The molecule has 0 bridgehead atoms. The van der Waals surface area contributed by atoms with Gasteiger partial charge in [-0.05, 0) is 95.7 Å². The number of hydrogen-bond donors (Lipinski definition) is 1. The Bertz CT molecular complexity index is 1980. The minimum absolute atomic E-state index is 0.0138. The van der Waals surface area contributed by atoms with Crippen molar-refractivity contribution in [1.82, 2.24) is 4.90 Å². The number of carbonyl (C=O) groups is 2. The summed E-state index contributed by atoms with van der Waals surface area (Å²) in [5.41, 5.74) is 4.19. The number of ether oxygens (including phenoxy) is 1. The van der Waals surface area contributed by atoms with E-state index < -0.39 is 10.8 Å². The van der Waals surface area contributed by atoms with Gasteiger partial charge in [0, 0.05) is 22.9 Å². The summed E-state index contributed by atoms with van der Waals surface area (Å²) in [4.78, 5) is 39.1. The van der Waals surface area contributed by atoms with E-state index in [1.54, 1.807) is 30.3 Å². The average Bonchev–Trinajstić information content (AvgIpc) is 3.02. The molecule has 0 saturated carbocycles. The summed E-state index contributed by atoms with van der Waals surface area (Å²) in [7, 11) is 4.18. The van der Waals surface area contributed by atoms with Gasteiger partial charge in [-0.15, -0.1) is 0 Å². The summed E-state index contributed by atoms with van der Waals surface area (Å²) in [6, 6.07) is 25.6. The molecular weight excluding hydrogens is 542 g/mol. The van der Waals surface area contributed by atoms with E-state index in [4.69, 9.17) is 4.74 Å². The van der Waals surface area contributed by atoms with Gasteiger partial charge in [-0.3, -0.25) is 24.6 Å². The highest BCUT2D eigenvalue weighted by atomic mass is 16.6. The van der Waals surface area contributed by atoms with Gasteiger partial charge < -0.3 is 10.1 Å². The van der Waals surface area contributed by atoms with Crippen molar-refractivity contribution in [3.63, 3.8) is 0 Å². The Labute approximate surface area is 248 Å². The summed E-state index contributed by atoms with van der Waals surface area (Å²) in [5.74, 6) is -0.458. The summed E-state index contributed by atoms with van der Waals surface area (Å²) in [6.07, 6.45) is 4.85. The molecule has 8 nitrogen and oxygen atoms in total. The lowest BCUT2D eigenvalue weighted by atomic mass is 9.82. The quantitative estimate of drug-likeness (QED) is 0.187. The van der Waals surface area contributed by atoms with Crippen molar-refractivity contribution in [1.29, 1.82) is 0 Å². The minimum Gasteiger partial charge on any atom is -0.477 e. The van der Waals surface area contributed by atoms with Crippen LogP contribution in [0.25, 0.3) is 11.6 Å². The second-order valence-corrected chi connectivity index (χ2v) is 11.0. The molecule has 216 valence electrons. The normalized spacial score (nSPS) is 15.0. The van der Waals surface area contributed by atoms with E-state index in [2.05, 4.69) is 66.8 Å². The van der Waals surface area contributed by atoms with Crippen molar-refractivity contribution >= 4 is 34.7 Å². The molecule has 0 spiro atoms. The van der Waals surface area contributed by atoms with E-state index >= 15 is 0 Å². The second kappa shape index (κ2) is 11.7. The van der Waals surface area contributed by atoms with Crippen LogP contribution in [0.1, 0.15) is 40.4 Å². The van der Waals surface area contributed by atoms with Gasteiger partial charge in [-0.25, -0.2) is 0 Å². The fourth-order valence-corrected chi connectivity index (χ4v) is 6.10. The van der Waals surface area contributed by atoms with E-state index in [9.17, 15) is 19.7 Å². The highest BCUT2D eigenvalue weighted by Gasteiger charge is 2.25. The number of ketones is 1. The maximum Gasteiger partial charge on any atom is 0.310 e. The molecular formula is C35H31N3O5. The van der Waals surface area contributed by atoms with Crippen molar-refractivity contribution < 1.29 is 19.2 Å². The standard InChI is InChI=1S/C35H31N3O5/c1-37(2)31-20-23-8-3-4-9-25(23)28-19-18-26-27(34(28)31)10-7-11-29(26)35(40)22-14-16-24(17-15-22)36-33(39)21-43-32-13-6-5-12-30(32)38(41)42/h3-6,8-9,12-20,31H,7,10-11,21H2,1-2H3,(H,36,39). The molecule has 4 aromatic rings. The fourth-order valence-electron chi connectivity index (χ4n) is 6.10. The SMILES string of the molecule is CN(C)C1C=c2ccccc2=c2ccc3c(c21)CCCC=3C(=O)c1ccc(NC(=O)COc2ccccc2[N+](=O)[O-])cc1. The summed E-state index contributed by atoms with van der Waals surface area (Å²) in [6.45, 7) is -0.388. The number of nitrogens with one attached hydrogen (secondary N) is 1. The Balaban J connectivity index is 1.26. The van der Waals surface area contributed by atoms with Crippen LogP contribution in [0.2, 0.25) is 0 Å². The first-order valence-electron chi connectivity index (χ1n) is 14.3. The first-order valence-corrected chi connectivity index (χ1v) is 14.3. The number of rotatable bonds is 8. The number of carbonyl (C=O) groups excluding carboxylic acids is 2. The third-order valence-corrected chi connectivity index (χ3v) is 8.10. The maximum absolute atomic E-state index is 13.8. The van der Waals surface area contributed by atoms with Crippen LogP contribution in [0.4, 0.5) is 11.4 Å².